The highest BCUT2D eigenvalue weighted by Gasteiger charge is 2.32. The molecule has 0 radical (unpaired) electrons. The molecule has 3 heterocycles. The lowest BCUT2D eigenvalue weighted by Gasteiger charge is -2.35. The normalized spacial score (nSPS) is 21.5. The van der Waals surface area contributed by atoms with Gasteiger partial charge in [0.25, 0.3) is 0 Å². The van der Waals surface area contributed by atoms with Gasteiger partial charge in [-0.05, 0) is 43.4 Å². The standard InChI is InChI=1S/C22H26N6O2/c23-12-16-4-6-17(7-5-16)13-27-10-8-19(22(27)30)26-20-11-21(25-15-24-20)28-9-2-1-3-18(28)14-29/h4-7,11,15,18-19,29H,1-3,8-10,13-14H2,(H,24,25,26). The number of aliphatic hydroxyl groups is 1. The van der Waals surface area contributed by atoms with Crippen molar-refractivity contribution in [2.45, 2.75) is 44.3 Å². The molecule has 2 unspecified atom stereocenters. The van der Waals surface area contributed by atoms with Crippen molar-refractivity contribution in [2.24, 2.45) is 0 Å². The topological polar surface area (TPSA) is 105 Å². The van der Waals surface area contributed by atoms with Crippen LogP contribution in [0.1, 0.15) is 36.8 Å². The molecule has 1 amide bonds. The van der Waals surface area contributed by atoms with Crippen LogP contribution >= 0.6 is 0 Å². The average molecular weight is 406 g/mol. The number of anilines is 2. The Morgan fingerprint density at radius 1 is 1.17 bits per heavy atom. The maximum absolute atomic E-state index is 12.8. The number of nitrogens with zero attached hydrogens (tertiary/aromatic N) is 5. The Morgan fingerprint density at radius 3 is 2.77 bits per heavy atom. The lowest BCUT2D eigenvalue weighted by Crippen LogP contribution is -2.42. The highest BCUT2D eigenvalue weighted by molar-refractivity contribution is 5.86. The Labute approximate surface area is 176 Å². The van der Waals surface area contributed by atoms with E-state index in [0.717, 1.165) is 37.2 Å². The zero-order valence-electron chi connectivity index (χ0n) is 16.9. The van der Waals surface area contributed by atoms with E-state index >= 15 is 0 Å². The van der Waals surface area contributed by atoms with Crippen LogP contribution in [0, 0.1) is 11.3 Å². The molecule has 0 saturated carbocycles. The van der Waals surface area contributed by atoms with Crippen molar-refractivity contribution >= 4 is 17.5 Å². The van der Waals surface area contributed by atoms with Crippen molar-refractivity contribution in [1.82, 2.24) is 14.9 Å². The van der Waals surface area contributed by atoms with Gasteiger partial charge in [-0.3, -0.25) is 4.79 Å². The molecule has 30 heavy (non-hydrogen) atoms. The van der Waals surface area contributed by atoms with Crippen LogP contribution < -0.4 is 10.2 Å². The van der Waals surface area contributed by atoms with Crippen LogP contribution in [0.4, 0.5) is 11.6 Å². The third-order valence-corrected chi connectivity index (χ3v) is 5.86. The highest BCUT2D eigenvalue weighted by Crippen LogP contribution is 2.25. The number of likely N-dealkylation sites (tertiary alicyclic amines) is 1. The Balaban J connectivity index is 1.40. The minimum atomic E-state index is -0.318. The van der Waals surface area contributed by atoms with Gasteiger partial charge in [-0.25, -0.2) is 9.97 Å². The number of benzene rings is 1. The summed E-state index contributed by atoms with van der Waals surface area (Å²) < 4.78 is 0. The molecule has 2 aromatic rings. The number of aliphatic hydroxyl groups excluding tert-OH is 1. The lowest BCUT2D eigenvalue weighted by atomic mass is 10.0. The molecule has 2 aliphatic rings. The largest absolute Gasteiger partial charge is 0.394 e. The van der Waals surface area contributed by atoms with E-state index in [1.807, 2.05) is 23.1 Å². The van der Waals surface area contributed by atoms with E-state index in [9.17, 15) is 9.90 Å². The van der Waals surface area contributed by atoms with Crippen LogP contribution in [0.15, 0.2) is 36.7 Å². The Morgan fingerprint density at radius 2 is 2.00 bits per heavy atom. The molecule has 2 saturated heterocycles. The molecule has 1 aromatic heterocycles. The second-order valence-corrected chi connectivity index (χ2v) is 7.84. The summed E-state index contributed by atoms with van der Waals surface area (Å²) in [5, 5.41) is 21.8. The number of piperidine rings is 1. The summed E-state index contributed by atoms with van der Waals surface area (Å²) in [4.78, 5) is 25.5. The molecule has 8 heteroatoms. The van der Waals surface area contributed by atoms with Crippen LogP contribution in [-0.4, -0.2) is 57.7 Å². The molecule has 8 nitrogen and oxygen atoms in total. The van der Waals surface area contributed by atoms with E-state index in [1.165, 1.54) is 6.33 Å². The predicted octanol–water partition coefficient (Wildman–Crippen LogP) is 1.91. The fourth-order valence-electron chi connectivity index (χ4n) is 4.19. The van der Waals surface area contributed by atoms with Gasteiger partial charge in [0.15, 0.2) is 0 Å². The van der Waals surface area contributed by atoms with Crippen LogP contribution in [0.2, 0.25) is 0 Å². The fraction of sp³-hybridized carbons (Fsp3) is 0.455. The van der Waals surface area contributed by atoms with Gasteiger partial charge in [-0.15, -0.1) is 0 Å². The average Bonchev–Trinajstić information content (AvgIpc) is 3.13. The summed E-state index contributed by atoms with van der Waals surface area (Å²) in [7, 11) is 0. The molecule has 0 aliphatic carbocycles. The third-order valence-electron chi connectivity index (χ3n) is 5.86. The molecule has 4 rings (SSSR count). The van der Waals surface area contributed by atoms with E-state index in [-0.39, 0.29) is 24.6 Å². The number of amides is 1. The number of carbonyl (C=O) groups is 1. The molecule has 1 aromatic carbocycles. The summed E-state index contributed by atoms with van der Waals surface area (Å²) in [5.74, 6) is 1.46. The second kappa shape index (κ2) is 9.09. The monoisotopic (exact) mass is 406 g/mol. The molecule has 2 fully saturated rings. The van der Waals surface area contributed by atoms with Gasteiger partial charge in [0.05, 0.1) is 24.3 Å². The van der Waals surface area contributed by atoms with E-state index in [1.54, 1.807) is 12.1 Å². The van der Waals surface area contributed by atoms with Gasteiger partial charge >= 0.3 is 0 Å². The number of hydrogen-bond donors (Lipinski definition) is 2. The number of nitrogens with one attached hydrogen (secondary N) is 1. The predicted molar refractivity (Wildman–Crippen MR) is 113 cm³/mol. The zero-order chi connectivity index (χ0) is 20.9. The molecule has 2 atom stereocenters. The summed E-state index contributed by atoms with van der Waals surface area (Å²) in [6.45, 7) is 2.18. The van der Waals surface area contributed by atoms with Gasteiger partial charge in [-0.2, -0.15) is 5.26 Å². The number of aromatic nitrogens is 2. The Kier molecular flexibility index (Phi) is 6.10. The van der Waals surface area contributed by atoms with E-state index in [4.69, 9.17) is 5.26 Å². The number of hydrogen-bond acceptors (Lipinski definition) is 7. The van der Waals surface area contributed by atoms with Crippen molar-refractivity contribution in [2.75, 3.05) is 29.9 Å². The van der Waals surface area contributed by atoms with Crippen molar-refractivity contribution < 1.29 is 9.90 Å². The van der Waals surface area contributed by atoms with Crippen LogP contribution in [0.5, 0.6) is 0 Å². The molecule has 2 aliphatic heterocycles. The van der Waals surface area contributed by atoms with Crippen LogP contribution in [-0.2, 0) is 11.3 Å². The van der Waals surface area contributed by atoms with Crippen molar-refractivity contribution in [1.29, 1.82) is 5.26 Å². The molecular weight excluding hydrogens is 380 g/mol. The first kappa shape index (κ1) is 20.1. The maximum atomic E-state index is 12.8. The summed E-state index contributed by atoms with van der Waals surface area (Å²) in [5.41, 5.74) is 1.62. The Hall–Kier alpha value is -3.18. The van der Waals surface area contributed by atoms with Crippen LogP contribution in [0.25, 0.3) is 0 Å². The SMILES string of the molecule is N#Cc1ccc(CN2CCC(Nc3cc(N4CCCCC4CO)ncn3)C2=O)cc1. The van der Waals surface area contributed by atoms with Gasteiger partial charge < -0.3 is 20.2 Å². The summed E-state index contributed by atoms with van der Waals surface area (Å²) in [6, 6.07) is 11.1. The van der Waals surface area contributed by atoms with Crippen molar-refractivity contribution in [3.05, 3.63) is 47.8 Å². The number of nitriles is 1. The quantitative estimate of drug-likeness (QED) is 0.755. The van der Waals surface area contributed by atoms with Gasteiger partial charge in [0.1, 0.15) is 24.0 Å². The number of rotatable bonds is 6. The number of carbonyl (C=O) groups excluding carboxylic acids is 1. The molecule has 2 N–H and O–H groups in total. The van der Waals surface area contributed by atoms with Gasteiger partial charge in [0.2, 0.25) is 5.91 Å². The van der Waals surface area contributed by atoms with Crippen molar-refractivity contribution in [3.8, 4) is 6.07 Å². The lowest BCUT2D eigenvalue weighted by molar-refractivity contribution is -0.128. The van der Waals surface area contributed by atoms with E-state index in [0.29, 0.717) is 30.9 Å². The van der Waals surface area contributed by atoms with Crippen LogP contribution in [0.3, 0.4) is 0 Å². The Bertz CT molecular complexity index is 926. The summed E-state index contributed by atoms with van der Waals surface area (Å²) >= 11 is 0. The van der Waals surface area contributed by atoms with Gasteiger partial charge in [0, 0.05) is 25.7 Å². The van der Waals surface area contributed by atoms with E-state index < -0.39 is 0 Å². The minimum absolute atomic E-state index is 0.0470. The molecular formula is C22H26N6O2. The smallest absolute Gasteiger partial charge is 0.245 e. The first-order chi connectivity index (χ1) is 14.7. The first-order valence-corrected chi connectivity index (χ1v) is 10.4. The fourth-order valence-corrected chi connectivity index (χ4v) is 4.19. The molecule has 0 bridgehead atoms. The molecule has 156 valence electrons. The van der Waals surface area contributed by atoms with Crippen molar-refractivity contribution in [3.63, 3.8) is 0 Å². The summed E-state index contributed by atoms with van der Waals surface area (Å²) in [6.07, 6.45) is 5.36. The van der Waals surface area contributed by atoms with Gasteiger partial charge in [-0.1, -0.05) is 12.1 Å². The van der Waals surface area contributed by atoms with E-state index in [2.05, 4.69) is 26.3 Å². The minimum Gasteiger partial charge on any atom is -0.394 e. The first-order valence-electron chi connectivity index (χ1n) is 10.4. The third kappa shape index (κ3) is 4.36. The second-order valence-electron chi connectivity index (χ2n) is 7.84. The molecule has 0 spiro atoms. The zero-order valence-corrected chi connectivity index (χ0v) is 16.9. The maximum Gasteiger partial charge on any atom is 0.245 e. The highest BCUT2D eigenvalue weighted by atomic mass is 16.3.